The molecular formula is C13H16N4O4. The second-order valence-corrected chi connectivity index (χ2v) is 5.04. The third-order valence-electron chi connectivity index (χ3n) is 3.60. The smallest absolute Gasteiger partial charge is 0.295 e. The number of hydrogen-bond donors (Lipinski definition) is 2. The van der Waals surface area contributed by atoms with E-state index in [9.17, 15) is 14.9 Å². The molecule has 1 amide bonds. The number of amides is 1. The van der Waals surface area contributed by atoms with Crippen molar-refractivity contribution < 1.29 is 14.5 Å². The first-order chi connectivity index (χ1) is 10.1. The van der Waals surface area contributed by atoms with Crippen LogP contribution >= 0.6 is 0 Å². The number of anilines is 2. The van der Waals surface area contributed by atoms with Crippen molar-refractivity contribution in [1.29, 1.82) is 0 Å². The molecule has 0 radical (unpaired) electrons. The van der Waals surface area contributed by atoms with Gasteiger partial charge >= 0.3 is 0 Å². The number of ether oxygens (including phenoxy) is 1. The zero-order valence-electron chi connectivity index (χ0n) is 11.4. The van der Waals surface area contributed by atoms with Crippen LogP contribution in [0, 0.1) is 10.1 Å². The molecule has 8 heteroatoms. The number of hydrazine groups is 1. The predicted octanol–water partition coefficient (Wildman–Crippen LogP) is 1.14. The maximum Gasteiger partial charge on any atom is 0.295 e. The Bertz CT molecular complexity index is 584. The van der Waals surface area contributed by atoms with Crippen molar-refractivity contribution in [3.63, 3.8) is 0 Å². The second-order valence-electron chi connectivity index (χ2n) is 5.04. The van der Waals surface area contributed by atoms with Crippen LogP contribution in [0.15, 0.2) is 12.1 Å². The number of carbonyl (C=O) groups is 1. The maximum atomic E-state index is 11.4. The summed E-state index contributed by atoms with van der Waals surface area (Å²) in [5.74, 6) is -0.106. The summed E-state index contributed by atoms with van der Waals surface area (Å²) in [6, 6.07) is 3.18. The number of rotatable bonds is 3. The first-order valence-electron chi connectivity index (χ1n) is 6.84. The molecule has 2 aliphatic rings. The fourth-order valence-corrected chi connectivity index (χ4v) is 2.50. The summed E-state index contributed by atoms with van der Waals surface area (Å²) in [5, 5.41) is 15.8. The summed E-state index contributed by atoms with van der Waals surface area (Å²) in [5.41, 5.74) is 4.95. The van der Waals surface area contributed by atoms with Gasteiger partial charge in [0, 0.05) is 25.6 Å². The predicted molar refractivity (Wildman–Crippen MR) is 76.1 cm³/mol. The molecule has 2 N–H and O–H groups in total. The van der Waals surface area contributed by atoms with Gasteiger partial charge in [0.2, 0.25) is 5.91 Å². The molecule has 0 unspecified atom stereocenters. The van der Waals surface area contributed by atoms with Gasteiger partial charge in [-0.15, -0.1) is 0 Å². The summed E-state index contributed by atoms with van der Waals surface area (Å²) in [7, 11) is 0. The lowest BCUT2D eigenvalue weighted by Gasteiger charge is -2.28. The van der Waals surface area contributed by atoms with E-state index < -0.39 is 4.92 Å². The third-order valence-corrected chi connectivity index (χ3v) is 3.60. The van der Waals surface area contributed by atoms with Crippen LogP contribution in [0.1, 0.15) is 12.0 Å². The molecule has 1 aromatic rings. The van der Waals surface area contributed by atoms with Crippen LogP contribution in [0.25, 0.3) is 0 Å². The number of nitrogens with zero attached hydrogens (tertiary/aromatic N) is 2. The van der Waals surface area contributed by atoms with E-state index in [2.05, 4.69) is 10.7 Å². The summed E-state index contributed by atoms with van der Waals surface area (Å²) in [4.78, 5) is 22.2. The minimum absolute atomic E-state index is 0.0394. The lowest BCUT2D eigenvalue weighted by Crippen LogP contribution is -2.40. The van der Waals surface area contributed by atoms with Crippen molar-refractivity contribution in [1.82, 2.24) is 5.01 Å². The molecule has 1 saturated heterocycles. The van der Waals surface area contributed by atoms with Crippen LogP contribution < -0.4 is 10.7 Å². The van der Waals surface area contributed by atoms with Gasteiger partial charge in [0.25, 0.3) is 5.69 Å². The minimum Gasteiger partial charge on any atom is -0.379 e. The van der Waals surface area contributed by atoms with E-state index in [0.29, 0.717) is 50.5 Å². The Hall–Kier alpha value is -2.19. The Kier molecular flexibility index (Phi) is 3.72. The largest absolute Gasteiger partial charge is 0.379 e. The van der Waals surface area contributed by atoms with Gasteiger partial charge in [0.15, 0.2) is 0 Å². The average molecular weight is 292 g/mol. The minimum atomic E-state index is -0.441. The van der Waals surface area contributed by atoms with Crippen molar-refractivity contribution in [3.05, 3.63) is 27.8 Å². The summed E-state index contributed by atoms with van der Waals surface area (Å²) in [6.45, 7) is 2.54. The van der Waals surface area contributed by atoms with Gasteiger partial charge in [-0.25, -0.2) is 5.01 Å². The summed E-state index contributed by atoms with van der Waals surface area (Å²) >= 11 is 0. The zero-order valence-corrected chi connectivity index (χ0v) is 11.4. The van der Waals surface area contributed by atoms with Crippen molar-refractivity contribution >= 4 is 23.0 Å². The molecule has 0 bridgehead atoms. The van der Waals surface area contributed by atoms with Crippen LogP contribution in [0.2, 0.25) is 0 Å². The molecule has 0 saturated carbocycles. The van der Waals surface area contributed by atoms with Crippen LogP contribution in [0.5, 0.6) is 0 Å². The molecule has 0 atom stereocenters. The van der Waals surface area contributed by atoms with Crippen molar-refractivity contribution in [2.24, 2.45) is 0 Å². The third kappa shape index (κ3) is 2.96. The van der Waals surface area contributed by atoms with Gasteiger partial charge in [0.05, 0.1) is 23.8 Å². The molecular weight excluding hydrogens is 276 g/mol. The molecule has 21 heavy (non-hydrogen) atoms. The highest BCUT2D eigenvalue weighted by Crippen LogP contribution is 2.34. The van der Waals surface area contributed by atoms with Crippen LogP contribution in [0.3, 0.4) is 0 Å². The highest BCUT2D eigenvalue weighted by molar-refractivity contribution is 5.95. The zero-order chi connectivity index (χ0) is 14.8. The molecule has 2 heterocycles. The van der Waals surface area contributed by atoms with Crippen molar-refractivity contribution in [2.45, 2.75) is 12.8 Å². The molecule has 3 rings (SSSR count). The fourth-order valence-electron chi connectivity index (χ4n) is 2.50. The Morgan fingerprint density at radius 1 is 1.29 bits per heavy atom. The highest BCUT2D eigenvalue weighted by Gasteiger charge is 2.24. The van der Waals surface area contributed by atoms with E-state index in [-0.39, 0.29) is 11.6 Å². The molecule has 0 aromatic heterocycles. The van der Waals surface area contributed by atoms with Crippen LogP contribution in [-0.4, -0.2) is 42.1 Å². The number of aryl methyl sites for hydroxylation is 1. The lowest BCUT2D eigenvalue weighted by molar-refractivity contribution is -0.384. The Morgan fingerprint density at radius 2 is 2.05 bits per heavy atom. The molecule has 0 aliphatic carbocycles. The molecule has 1 fully saturated rings. The first-order valence-corrected chi connectivity index (χ1v) is 6.84. The van der Waals surface area contributed by atoms with Crippen molar-refractivity contribution in [2.75, 3.05) is 37.0 Å². The number of fused-ring (bicyclic) bond motifs is 1. The normalized spacial score (nSPS) is 18.8. The number of carbonyl (C=O) groups excluding carboxylic acids is 1. The van der Waals surface area contributed by atoms with Gasteiger partial charge in [-0.3, -0.25) is 14.9 Å². The van der Waals surface area contributed by atoms with E-state index in [0.717, 1.165) is 5.56 Å². The van der Waals surface area contributed by atoms with E-state index >= 15 is 0 Å². The average Bonchev–Trinajstić information content (AvgIpc) is 2.47. The Morgan fingerprint density at radius 3 is 2.76 bits per heavy atom. The fraction of sp³-hybridized carbons (Fsp3) is 0.462. The Balaban J connectivity index is 1.90. The van der Waals surface area contributed by atoms with E-state index in [1.54, 1.807) is 6.07 Å². The van der Waals surface area contributed by atoms with Gasteiger partial charge in [0.1, 0.15) is 5.69 Å². The number of hydrogen-bond acceptors (Lipinski definition) is 6. The van der Waals surface area contributed by atoms with E-state index in [4.69, 9.17) is 4.74 Å². The van der Waals surface area contributed by atoms with Gasteiger partial charge in [-0.05, 0) is 18.1 Å². The number of morpholine rings is 1. The molecule has 8 nitrogen and oxygen atoms in total. The number of benzene rings is 1. The molecule has 0 spiro atoms. The van der Waals surface area contributed by atoms with Gasteiger partial charge in [-0.2, -0.15) is 0 Å². The monoisotopic (exact) mass is 292 g/mol. The van der Waals surface area contributed by atoms with Gasteiger partial charge in [-0.1, -0.05) is 0 Å². The quantitative estimate of drug-likeness (QED) is 0.640. The Labute approximate surface area is 121 Å². The molecule has 2 aliphatic heterocycles. The summed E-state index contributed by atoms with van der Waals surface area (Å²) < 4.78 is 5.25. The van der Waals surface area contributed by atoms with E-state index in [1.807, 2.05) is 5.01 Å². The second kappa shape index (κ2) is 5.66. The van der Waals surface area contributed by atoms with Gasteiger partial charge < -0.3 is 15.5 Å². The number of nitrogens with one attached hydrogen (secondary N) is 2. The molecule has 1 aromatic carbocycles. The standard InChI is InChI=1S/C13H16N4O4/c18-13-2-1-9-7-11(15-16-3-5-21-6-4-16)12(17(19)20)8-10(9)14-13/h7-8,15H,1-6H2,(H,14,18). The number of nitro benzene ring substituents is 1. The van der Waals surface area contributed by atoms with Crippen molar-refractivity contribution in [3.8, 4) is 0 Å². The number of nitro groups is 1. The first kappa shape index (κ1) is 13.8. The topological polar surface area (TPSA) is 96.7 Å². The SMILES string of the molecule is O=C1CCc2cc(NN3CCOCC3)c([N+](=O)[O-])cc2N1. The highest BCUT2D eigenvalue weighted by atomic mass is 16.6. The summed E-state index contributed by atoms with van der Waals surface area (Å²) in [6.07, 6.45) is 0.999. The molecule has 112 valence electrons. The van der Waals surface area contributed by atoms with Crippen LogP contribution in [0.4, 0.5) is 17.1 Å². The lowest BCUT2D eigenvalue weighted by atomic mass is 10.0. The van der Waals surface area contributed by atoms with Crippen LogP contribution in [-0.2, 0) is 16.0 Å². The van der Waals surface area contributed by atoms with E-state index in [1.165, 1.54) is 6.07 Å². The maximum absolute atomic E-state index is 11.4.